The smallest absolute Gasteiger partial charge is 0.243 e. The lowest BCUT2D eigenvalue weighted by Crippen LogP contribution is -2.36. The van der Waals surface area contributed by atoms with Crippen LogP contribution in [0, 0.1) is 6.92 Å². The number of carbonyl (C=O) groups excluding carboxylic acids is 1. The van der Waals surface area contributed by atoms with Crippen LogP contribution in [-0.4, -0.2) is 19.0 Å². The van der Waals surface area contributed by atoms with Crippen LogP contribution in [0.4, 0.5) is 11.4 Å². The van der Waals surface area contributed by atoms with Crippen molar-refractivity contribution in [1.29, 1.82) is 0 Å². The van der Waals surface area contributed by atoms with E-state index in [9.17, 15) is 4.79 Å². The molecule has 1 amide bonds. The largest absolute Gasteiger partial charge is 0.362 e. The Balaban J connectivity index is 1.68. The van der Waals surface area contributed by atoms with E-state index in [-0.39, 0.29) is 5.91 Å². The van der Waals surface area contributed by atoms with Crippen molar-refractivity contribution in [2.75, 3.05) is 23.3 Å². The number of hydrogen-bond donors (Lipinski definition) is 1. The summed E-state index contributed by atoms with van der Waals surface area (Å²) in [7, 11) is 0. The number of aryl methyl sites for hydroxylation is 2. The minimum absolute atomic E-state index is 0.0392. The maximum Gasteiger partial charge on any atom is 0.243 e. The van der Waals surface area contributed by atoms with Gasteiger partial charge in [0.25, 0.3) is 0 Å². The van der Waals surface area contributed by atoms with Crippen LogP contribution in [0.3, 0.4) is 0 Å². The van der Waals surface area contributed by atoms with E-state index in [4.69, 9.17) is 0 Å². The molecule has 1 N–H and O–H groups in total. The number of hydrogen-bond acceptors (Lipinski definition) is 2. The standard InChI is InChI=1S/C18H20N2O/c1-14-6-4-9-16(12-14)19-18(21)13-20-11-5-8-15-7-2-3-10-17(15)20/h2-4,6-7,9-10,12H,5,8,11,13H2,1H3,(H,19,21). The average molecular weight is 280 g/mol. The normalized spacial score (nSPS) is 13.7. The van der Waals surface area contributed by atoms with Crippen LogP contribution >= 0.6 is 0 Å². The summed E-state index contributed by atoms with van der Waals surface area (Å²) in [6.45, 7) is 3.37. The number of amides is 1. The summed E-state index contributed by atoms with van der Waals surface area (Å²) in [5.41, 5.74) is 4.55. The fourth-order valence-corrected chi connectivity index (χ4v) is 2.87. The predicted octanol–water partition coefficient (Wildman–Crippen LogP) is 3.39. The molecule has 0 saturated carbocycles. The molecule has 2 aromatic carbocycles. The summed E-state index contributed by atoms with van der Waals surface area (Å²) < 4.78 is 0. The molecular weight excluding hydrogens is 260 g/mol. The van der Waals surface area contributed by atoms with E-state index in [0.717, 1.165) is 30.6 Å². The van der Waals surface area contributed by atoms with Crippen molar-refractivity contribution < 1.29 is 4.79 Å². The van der Waals surface area contributed by atoms with Gasteiger partial charge in [-0.2, -0.15) is 0 Å². The quantitative estimate of drug-likeness (QED) is 0.934. The van der Waals surface area contributed by atoms with Crippen molar-refractivity contribution in [3.63, 3.8) is 0 Å². The molecule has 3 rings (SSSR count). The molecule has 0 unspecified atom stereocenters. The Morgan fingerprint density at radius 1 is 1.19 bits per heavy atom. The zero-order valence-electron chi connectivity index (χ0n) is 12.3. The Bertz CT molecular complexity index is 651. The number of rotatable bonds is 3. The molecule has 108 valence electrons. The zero-order chi connectivity index (χ0) is 14.7. The molecule has 1 heterocycles. The van der Waals surface area contributed by atoms with Gasteiger partial charge >= 0.3 is 0 Å². The second kappa shape index (κ2) is 6.00. The lowest BCUT2D eigenvalue weighted by Gasteiger charge is -2.30. The summed E-state index contributed by atoms with van der Waals surface area (Å²) in [4.78, 5) is 14.4. The van der Waals surface area contributed by atoms with Crippen LogP contribution in [0.1, 0.15) is 17.5 Å². The monoisotopic (exact) mass is 280 g/mol. The van der Waals surface area contributed by atoms with Crippen LogP contribution in [0.2, 0.25) is 0 Å². The number of carbonyl (C=O) groups is 1. The second-order valence-electron chi connectivity index (χ2n) is 5.57. The van der Waals surface area contributed by atoms with E-state index in [1.54, 1.807) is 0 Å². The van der Waals surface area contributed by atoms with E-state index in [0.29, 0.717) is 6.54 Å². The number of fused-ring (bicyclic) bond motifs is 1. The highest BCUT2D eigenvalue weighted by Crippen LogP contribution is 2.26. The Labute approximate surface area is 125 Å². The van der Waals surface area contributed by atoms with Crippen molar-refractivity contribution in [2.24, 2.45) is 0 Å². The van der Waals surface area contributed by atoms with Gasteiger partial charge in [0, 0.05) is 17.9 Å². The van der Waals surface area contributed by atoms with E-state index in [2.05, 4.69) is 28.4 Å². The molecule has 0 saturated heterocycles. The molecule has 3 heteroatoms. The fourth-order valence-electron chi connectivity index (χ4n) is 2.87. The Hall–Kier alpha value is -2.29. The first-order valence-electron chi connectivity index (χ1n) is 7.42. The number of nitrogens with zero attached hydrogens (tertiary/aromatic N) is 1. The first-order valence-corrected chi connectivity index (χ1v) is 7.42. The summed E-state index contributed by atoms with van der Waals surface area (Å²) in [5, 5.41) is 2.98. The lowest BCUT2D eigenvalue weighted by atomic mass is 10.0. The van der Waals surface area contributed by atoms with Crippen molar-refractivity contribution in [1.82, 2.24) is 0 Å². The summed E-state index contributed by atoms with van der Waals surface area (Å²) in [6.07, 6.45) is 2.21. The molecule has 1 aliphatic rings. The Kier molecular flexibility index (Phi) is 3.91. The molecule has 0 aromatic heterocycles. The van der Waals surface area contributed by atoms with Crippen LogP contribution < -0.4 is 10.2 Å². The third-order valence-corrected chi connectivity index (χ3v) is 3.84. The van der Waals surface area contributed by atoms with Gasteiger partial charge in [-0.1, -0.05) is 30.3 Å². The summed E-state index contributed by atoms with van der Waals surface area (Å²) in [5.74, 6) is 0.0392. The van der Waals surface area contributed by atoms with Crippen molar-refractivity contribution in [3.8, 4) is 0 Å². The molecule has 0 radical (unpaired) electrons. The molecule has 2 aromatic rings. The molecule has 0 fully saturated rings. The maximum absolute atomic E-state index is 12.2. The van der Waals surface area contributed by atoms with E-state index in [1.165, 1.54) is 11.3 Å². The molecule has 0 aliphatic carbocycles. The zero-order valence-corrected chi connectivity index (χ0v) is 12.3. The average Bonchev–Trinajstić information content (AvgIpc) is 2.47. The van der Waals surface area contributed by atoms with Crippen molar-refractivity contribution >= 4 is 17.3 Å². The lowest BCUT2D eigenvalue weighted by molar-refractivity contribution is -0.115. The predicted molar refractivity (Wildman–Crippen MR) is 86.8 cm³/mol. The minimum Gasteiger partial charge on any atom is -0.362 e. The van der Waals surface area contributed by atoms with Crippen LogP contribution in [0.5, 0.6) is 0 Å². The maximum atomic E-state index is 12.2. The molecule has 1 aliphatic heterocycles. The Morgan fingerprint density at radius 3 is 2.90 bits per heavy atom. The van der Waals surface area contributed by atoms with Crippen LogP contribution in [0.25, 0.3) is 0 Å². The van der Waals surface area contributed by atoms with Crippen molar-refractivity contribution in [2.45, 2.75) is 19.8 Å². The molecular formula is C18H20N2O. The molecule has 0 atom stereocenters. The SMILES string of the molecule is Cc1cccc(NC(=O)CN2CCCc3ccccc32)c1. The highest BCUT2D eigenvalue weighted by Gasteiger charge is 2.18. The van der Waals surface area contributed by atoms with Gasteiger partial charge in [0.05, 0.1) is 6.54 Å². The van der Waals surface area contributed by atoms with Gasteiger partial charge in [0.1, 0.15) is 0 Å². The number of para-hydroxylation sites is 1. The highest BCUT2D eigenvalue weighted by atomic mass is 16.2. The number of benzene rings is 2. The third kappa shape index (κ3) is 3.24. The summed E-state index contributed by atoms with van der Waals surface area (Å²) in [6, 6.07) is 16.3. The van der Waals surface area contributed by atoms with Gasteiger partial charge < -0.3 is 10.2 Å². The van der Waals surface area contributed by atoms with Gasteiger partial charge in [-0.3, -0.25) is 4.79 Å². The van der Waals surface area contributed by atoms with E-state index >= 15 is 0 Å². The topological polar surface area (TPSA) is 32.3 Å². The molecule has 3 nitrogen and oxygen atoms in total. The van der Waals surface area contributed by atoms with Crippen molar-refractivity contribution in [3.05, 3.63) is 59.7 Å². The Morgan fingerprint density at radius 2 is 2.05 bits per heavy atom. The third-order valence-electron chi connectivity index (χ3n) is 3.84. The number of nitrogens with one attached hydrogen (secondary N) is 1. The fraction of sp³-hybridized carbons (Fsp3) is 0.278. The first-order chi connectivity index (χ1) is 10.2. The van der Waals surface area contributed by atoms with Gasteiger partial charge in [0.15, 0.2) is 0 Å². The van der Waals surface area contributed by atoms with Gasteiger partial charge in [-0.15, -0.1) is 0 Å². The van der Waals surface area contributed by atoms with Gasteiger partial charge in [-0.05, 0) is 49.1 Å². The molecule has 0 bridgehead atoms. The second-order valence-corrected chi connectivity index (χ2v) is 5.57. The van der Waals surface area contributed by atoms with Crippen LogP contribution in [-0.2, 0) is 11.2 Å². The van der Waals surface area contributed by atoms with E-state index in [1.807, 2.05) is 37.3 Å². The van der Waals surface area contributed by atoms with E-state index < -0.39 is 0 Å². The highest BCUT2D eigenvalue weighted by molar-refractivity contribution is 5.94. The molecule has 21 heavy (non-hydrogen) atoms. The van der Waals surface area contributed by atoms with Gasteiger partial charge in [0.2, 0.25) is 5.91 Å². The van der Waals surface area contributed by atoms with Crippen LogP contribution in [0.15, 0.2) is 48.5 Å². The number of anilines is 2. The first kappa shape index (κ1) is 13.7. The molecule has 0 spiro atoms. The van der Waals surface area contributed by atoms with Gasteiger partial charge in [-0.25, -0.2) is 0 Å². The minimum atomic E-state index is 0.0392. The summed E-state index contributed by atoms with van der Waals surface area (Å²) >= 11 is 0.